The smallest absolute Gasteiger partial charge is 0.155 e. The molecule has 1 rings (SSSR count). The van der Waals surface area contributed by atoms with E-state index in [9.17, 15) is 0 Å². The fraction of sp³-hybridized carbons (Fsp3) is 0. The number of nitriles is 1. The lowest BCUT2D eigenvalue weighted by atomic mass is 10.3. The first-order valence-corrected chi connectivity index (χ1v) is 3.63. The highest BCUT2D eigenvalue weighted by atomic mass is 127. The number of halogens is 1. The molecule has 1 aromatic rings. The fourth-order valence-electron chi connectivity index (χ4n) is 0.537. The number of nitrogen functional groups attached to an aromatic ring is 1. The largest absolute Gasteiger partial charge is 0.398 e. The van der Waals surface area contributed by atoms with Gasteiger partial charge < -0.3 is 5.73 Å². The van der Waals surface area contributed by atoms with Gasteiger partial charge in [0, 0.05) is 11.9 Å². The summed E-state index contributed by atoms with van der Waals surface area (Å²) >= 11 is 1.99. The van der Waals surface area contributed by atoms with Crippen molar-refractivity contribution in [1.82, 2.24) is 4.98 Å². The lowest BCUT2D eigenvalue weighted by Crippen LogP contribution is -1.94. The second-order valence-corrected chi connectivity index (χ2v) is 2.75. The van der Waals surface area contributed by atoms with Gasteiger partial charge in [0.25, 0.3) is 0 Å². The van der Waals surface area contributed by atoms with Gasteiger partial charge >= 0.3 is 0 Å². The minimum atomic E-state index is 0.389. The Morgan fingerprint density at radius 2 is 2.40 bits per heavy atom. The van der Waals surface area contributed by atoms with Crippen molar-refractivity contribution in [3.63, 3.8) is 0 Å². The van der Waals surface area contributed by atoms with Gasteiger partial charge in [0.1, 0.15) is 6.07 Å². The first kappa shape index (κ1) is 7.28. The summed E-state index contributed by atoms with van der Waals surface area (Å²) in [5, 5.41) is 8.47. The van der Waals surface area contributed by atoms with E-state index in [1.54, 1.807) is 6.07 Å². The fourth-order valence-corrected chi connectivity index (χ4v) is 0.976. The van der Waals surface area contributed by atoms with Crippen molar-refractivity contribution in [2.24, 2.45) is 0 Å². The summed E-state index contributed by atoms with van der Waals surface area (Å²) in [6.45, 7) is 0. The third-order valence-corrected chi connectivity index (χ3v) is 2.16. The summed E-state index contributed by atoms with van der Waals surface area (Å²) < 4.78 is 0.725. The summed E-state index contributed by atoms with van der Waals surface area (Å²) in [6, 6.07) is 3.61. The van der Waals surface area contributed by atoms with Crippen LogP contribution in [0.15, 0.2) is 12.3 Å². The topological polar surface area (TPSA) is 62.7 Å². The summed E-state index contributed by atoms with van der Waals surface area (Å²) in [7, 11) is 0. The van der Waals surface area contributed by atoms with Crippen LogP contribution in [-0.4, -0.2) is 4.98 Å². The molecule has 0 aliphatic rings. The summed E-state index contributed by atoms with van der Waals surface area (Å²) in [5.74, 6) is 0. The first-order chi connectivity index (χ1) is 4.75. The van der Waals surface area contributed by atoms with Crippen LogP contribution in [0.4, 0.5) is 5.69 Å². The van der Waals surface area contributed by atoms with E-state index < -0.39 is 0 Å². The van der Waals surface area contributed by atoms with Gasteiger partial charge in [0.2, 0.25) is 0 Å². The third kappa shape index (κ3) is 1.19. The average molecular weight is 245 g/mol. The minimum absolute atomic E-state index is 0.389. The van der Waals surface area contributed by atoms with Crippen molar-refractivity contribution in [2.45, 2.75) is 0 Å². The van der Waals surface area contributed by atoms with E-state index in [0.717, 1.165) is 3.57 Å². The zero-order chi connectivity index (χ0) is 7.56. The number of rotatable bonds is 0. The Kier molecular flexibility index (Phi) is 2.06. The Bertz CT molecular complexity index is 290. The van der Waals surface area contributed by atoms with E-state index in [1.807, 2.05) is 28.7 Å². The Labute approximate surface area is 72.0 Å². The van der Waals surface area contributed by atoms with E-state index >= 15 is 0 Å². The molecule has 1 heterocycles. The number of pyridine rings is 1. The van der Waals surface area contributed by atoms with E-state index in [0.29, 0.717) is 11.4 Å². The summed E-state index contributed by atoms with van der Waals surface area (Å²) in [6.07, 6.45) is 1.52. The molecule has 2 N–H and O–H groups in total. The van der Waals surface area contributed by atoms with Crippen LogP contribution >= 0.6 is 22.6 Å². The molecule has 0 amide bonds. The molecule has 3 nitrogen and oxygen atoms in total. The highest BCUT2D eigenvalue weighted by molar-refractivity contribution is 14.1. The van der Waals surface area contributed by atoms with Crippen molar-refractivity contribution in [2.75, 3.05) is 5.73 Å². The van der Waals surface area contributed by atoms with Gasteiger partial charge in [-0.2, -0.15) is 5.26 Å². The van der Waals surface area contributed by atoms with Crippen LogP contribution < -0.4 is 5.73 Å². The molecule has 0 radical (unpaired) electrons. The molecule has 4 heteroatoms. The summed E-state index contributed by atoms with van der Waals surface area (Å²) in [5.41, 5.74) is 6.49. The molecule has 0 atom stereocenters. The molecular formula is C6H4IN3. The predicted molar refractivity (Wildman–Crippen MR) is 46.1 cm³/mol. The second-order valence-electron chi connectivity index (χ2n) is 1.67. The minimum Gasteiger partial charge on any atom is -0.398 e. The SMILES string of the molecule is N#Cc1nccc(N)c1I. The number of hydrogen-bond donors (Lipinski definition) is 1. The highest BCUT2D eigenvalue weighted by Gasteiger charge is 2.00. The van der Waals surface area contributed by atoms with Gasteiger partial charge in [-0.15, -0.1) is 0 Å². The van der Waals surface area contributed by atoms with E-state index in [1.165, 1.54) is 6.20 Å². The maximum atomic E-state index is 8.47. The molecule has 0 saturated heterocycles. The molecule has 0 aliphatic heterocycles. The van der Waals surface area contributed by atoms with Crippen LogP contribution in [0.25, 0.3) is 0 Å². The summed E-state index contributed by atoms with van der Waals surface area (Å²) in [4.78, 5) is 3.81. The van der Waals surface area contributed by atoms with E-state index in [2.05, 4.69) is 4.98 Å². The normalized spacial score (nSPS) is 8.80. The molecule has 1 aromatic heterocycles. The molecule has 0 spiro atoms. The number of aromatic nitrogens is 1. The molecule has 0 saturated carbocycles. The van der Waals surface area contributed by atoms with Gasteiger partial charge in [-0.1, -0.05) is 0 Å². The van der Waals surface area contributed by atoms with E-state index in [4.69, 9.17) is 11.0 Å². The van der Waals surface area contributed by atoms with Crippen molar-refractivity contribution in [3.05, 3.63) is 21.5 Å². The molecule has 0 fully saturated rings. The van der Waals surface area contributed by atoms with Crippen LogP contribution in [0, 0.1) is 14.9 Å². The maximum Gasteiger partial charge on any atom is 0.155 e. The molecule has 0 aromatic carbocycles. The molecule has 50 valence electrons. The quantitative estimate of drug-likeness (QED) is 0.697. The van der Waals surface area contributed by atoms with Crippen molar-refractivity contribution in [3.8, 4) is 6.07 Å². The number of nitrogens with zero attached hydrogens (tertiary/aromatic N) is 2. The Morgan fingerprint density at radius 3 is 2.90 bits per heavy atom. The van der Waals surface area contributed by atoms with E-state index in [-0.39, 0.29) is 0 Å². The Balaban J connectivity index is 3.31. The van der Waals surface area contributed by atoms with Crippen LogP contribution in [0.1, 0.15) is 5.69 Å². The van der Waals surface area contributed by atoms with Gasteiger partial charge in [0.05, 0.1) is 3.57 Å². The third-order valence-electron chi connectivity index (χ3n) is 1.02. The maximum absolute atomic E-state index is 8.47. The van der Waals surface area contributed by atoms with Crippen LogP contribution in [-0.2, 0) is 0 Å². The van der Waals surface area contributed by atoms with Crippen LogP contribution in [0.2, 0.25) is 0 Å². The molecular weight excluding hydrogens is 241 g/mol. The van der Waals surface area contributed by atoms with Crippen molar-refractivity contribution >= 4 is 28.3 Å². The first-order valence-electron chi connectivity index (χ1n) is 2.56. The van der Waals surface area contributed by atoms with Crippen molar-refractivity contribution in [1.29, 1.82) is 5.26 Å². The standard InChI is InChI=1S/C6H4IN3/c7-6-4(9)1-2-10-5(6)3-8/h1-2H,(H2,9,10). The second kappa shape index (κ2) is 2.84. The number of anilines is 1. The molecule has 0 bridgehead atoms. The molecule has 0 aliphatic carbocycles. The average Bonchev–Trinajstić information content (AvgIpc) is 1.95. The monoisotopic (exact) mass is 245 g/mol. The number of hydrogen-bond acceptors (Lipinski definition) is 3. The Morgan fingerprint density at radius 1 is 1.70 bits per heavy atom. The zero-order valence-electron chi connectivity index (χ0n) is 5.00. The predicted octanol–water partition coefficient (Wildman–Crippen LogP) is 1.14. The Hall–Kier alpha value is -0.830. The van der Waals surface area contributed by atoms with Crippen molar-refractivity contribution < 1.29 is 0 Å². The zero-order valence-corrected chi connectivity index (χ0v) is 7.16. The highest BCUT2D eigenvalue weighted by Crippen LogP contribution is 2.15. The van der Waals surface area contributed by atoms with Gasteiger partial charge in [-0.25, -0.2) is 4.98 Å². The lowest BCUT2D eigenvalue weighted by molar-refractivity contribution is 1.25. The molecule has 0 unspecified atom stereocenters. The van der Waals surface area contributed by atoms with Crippen LogP contribution in [0.3, 0.4) is 0 Å². The van der Waals surface area contributed by atoms with Crippen LogP contribution in [0.5, 0.6) is 0 Å². The van der Waals surface area contributed by atoms with Gasteiger partial charge in [-0.3, -0.25) is 0 Å². The lowest BCUT2D eigenvalue weighted by Gasteiger charge is -1.95. The van der Waals surface area contributed by atoms with Gasteiger partial charge in [-0.05, 0) is 28.7 Å². The van der Waals surface area contributed by atoms with Gasteiger partial charge in [0.15, 0.2) is 5.69 Å². The number of nitrogens with two attached hydrogens (primary N) is 1. The molecule has 10 heavy (non-hydrogen) atoms.